The van der Waals surface area contributed by atoms with Gasteiger partial charge in [0.05, 0.1) is 0 Å². The maximum Gasteiger partial charge on any atom is 0.466 e. The average molecular weight is 527 g/mol. The summed E-state index contributed by atoms with van der Waals surface area (Å²) in [7, 11) is -4.64. The van der Waals surface area contributed by atoms with E-state index in [1.807, 2.05) is 0 Å². The van der Waals surface area contributed by atoms with Crippen LogP contribution in [-0.4, -0.2) is 33.4 Å². The first kappa shape index (κ1) is 39.5. The van der Waals surface area contributed by atoms with E-state index in [0.717, 1.165) is 13.2 Å². The molecule has 0 unspecified atom stereocenters. The first-order chi connectivity index (χ1) is 16.4. The van der Waals surface area contributed by atoms with Crippen molar-refractivity contribution in [3.63, 3.8) is 0 Å². The number of rotatable bonds is 26. The fraction of sp³-hybridized carbons (Fsp3) is 1.00. The topological polar surface area (TPSA) is 118 Å². The van der Waals surface area contributed by atoms with E-state index in [-0.39, 0.29) is 5.48 Å². The number of hydrogen-bond acceptors (Lipinski definition) is 2. The van der Waals surface area contributed by atoms with E-state index in [0.29, 0.717) is 0 Å². The van der Waals surface area contributed by atoms with Gasteiger partial charge in [0.15, 0.2) is 0 Å². The van der Waals surface area contributed by atoms with Crippen LogP contribution in [0.5, 0.6) is 0 Å². The van der Waals surface area contributed by atoms with Gasteiger partial charge in [-0.25, -0.2) is 4.57 Å². The predicted molar refractivity (Wildman–Crippen MR) is 151 cm³/mol. The van der Waals surface area contributed by atoms with Gasteiger partial charge in [0, 0.05) is 13.2 Å². The molecule has 0 bridgehead atoms. The summed E-state index contributed by atoms with van der Waals surface area (Å²) in [6, 6.07) is 0. The minimum atomic E-state index is -4.64. The lowest BCUT2D eigenvalue weighted by Crippen LogP contribution is -1.97. The van der Waals surface area contributed by atoms with Gasteiger partial charge in [0.1, 0.15) is 0 Å². The van der Waals surface area contributed by atoms with E-state index in [4.69, 9.17) is 24.0 Å². The summed E-state index contributed by atoms with van der Waals surface area (Å²) in [5.41, 5.74) is 0. The van der Waals surface area contributed by atoms with Crippen LogP contribution in [-0.2, 0) is 9.30 Å². The van der Waals surface area contributed by atoms with Crippen LogP contribution in [0.15, 0.2) is 0 Å². The fourth-order valence-corrected chi connectivity index (χ4v) is 4.19. The lowest BCUT2D eigenvalue weighted by atomic mass is 10.1. The molecule has 35 heavy (non-hydrogen) atoms. The summed E-state index contributed by atoms with van der Waals surface area (Å²) in [5.74, 6) is 0. The number of ether oxygens (including phenoxy) is 1. The van der Waals surface area contributed by atoms with Crippen molar-refractivity contribution in [3.8, 4) is 0 Å². The maximum atomic E-state index is 8.88. The molecule has 0 saturated heterocycles. The Kier molecular flexibility index (Phi) is 38.4. The first-order valence-electron chi connectivity index (χ1n) is 14.8. The zero-order valence-corrected chi connectivity index (χ0v) is 24.4. The van der Waals surface area contributed by atoms with Crippen LogP contribution < -0.4 is 0 Å². The average Bonchev–Trinajstić information content (AvgIpc) is 2.78. The molecule has 7 heteroatoms. The molecule has 0 heterocycles. The van der Waals surface area contributed by atoms with E-state index in [2.05, 4.69) is 13.8 Å². The van der Waals surface area contributed by atoms with Crippen molar-refractivity contribution < 1.29 is 29.5 Å². The minimum Gasteiger partial charge on any atom is -0.412 e. The Morgan fingerprint density at radius 2 is 0.600 bits per heavy atom. The van der Waals surface area contributed by atoms with Gasteiger partial charge in [-0.05, 0) is 12.8 Å². The van der Waals surface area contributed by atoms with Crippen LogP contribution in [0.2, 0.25) is 0 Å². The Labute approximate surface area is 218 Å². The highest BCUT2D eigenvalue weighted by Crippen LogP contribution is 2.25. The summed E-state index contributed by atoms with van der Waals surface area (Å²) in [6.45, 7) is 6.58. The van der Waals surface area contributed by atoms with Gasteiger partial charge in [0.2, 0.25) is 0 Å². The van der Waals surface area contributed by atoms with Crippen molar-refractivity contribution in [1.82, 2.24) is 0 Å². The van der Waals surface area contributed by atoms with Crippen molar-refractivity contribution >= 4 is 7.82 Å². The molecule has 0 aliphatic heterocycles. The van der Waals surface area contributed by atoms with Gasteiger partial charge in [-0.2, -0.15) is 0 Å². The quantitative estimate of drug-likeness (QED) is 0.0769. The van der Waals surface area contributed by atoms with Crippen LogP contribution in [0.3, 0.4) is 0 Å². The summed E-state index contributed by atoms with van der Waals surface area (Å²) in [4.78, 5) is 21.6. The molecular weight excluding hydrogens is 463 g/mol. The molecule has 0 saturated carbocycles. The molecular formula is C28H63O6P. The number of hydrogen-bond donors (Lipinski definition) is 3. The Bertz CT molecular complexity index is 369. The smallest absolute Gasteiger partial charge is 0.412 e. The Morgan fingerprint density at radius 1 is 0.429 bits per heavy atom. The molecule has 216 valence electrons. The number of phosphoric acid groups is 1. The summed E-state index contributed by atoms with van der Waals surface area (Å²) in [6.07, 6.45) is 34.1. The van der Waals surface area contributed by atoms with Gasteiger partial charge < -0.3 is 24.9 Å². The Hall–Kier alpha value is 0.0300. The van der Waals surface area contributed by atoms with Crippen LogP contribution in [0.1, 0.15) is 168 Å². The van der Waals surface area contributed by atoms with E-state index in [9.17, 15) is 0 Å². The molecule has 0 aromatic heterocycles. The summed E-state index contributed by atoms with van der Waals surface area (Å²) in [5, 5.41) is 0. The van der Waals surface area contributed by atoms with E-state index in [1.54, 1.807) is 0 Å². The van der Waals surface area contributed by atoms with Gasteiger partial charge in [-0.3, -0.25) is 0 Å². The zero-order valence-electron chi connectivity index (χ0n) is 23.5. The van der Waals surface area contributed by atoms with Crippen molar-refractivity contribution in [2.45, 2.75) is 168 Å². The number of unbranched alkanes of at least 4 members (excludes halogenated alkanes) is 22. The monoisotopic (exact) mass is 526 g/mol. The largest absolute Gasteiger partial charge is 0.466 e. The fourth-order valence-electron chi connectivity index (χ4n) is 4.19. The lowest BCUT2D eigenvalue weighted by Gasteiger charge is -2.05. The summed E-state index contributed by atoms with van der Waals surface area (Å²) >= 11 is 0. The third-order valence-corrected chi connectivity index (χ3v) is 6.28. The molecule has 0 aromatic rings. The molecule has 0 aliphatic rings. The molecule has 0 radical (unpaired) electrons. The second-order valence-corrected chi connectivity index (χ2v) is 10.9. The minimum absolute atomic E-state index is 0. The van der Waals surface area contributed by atoms with Crippen LogP contribution in [0.4, 0.5) is 0 Å². The molecule has 0 rings (SSSR count). The Morgan fingerprint density at radius 3 is 0.800 bits per heavy atom. The maximum absolute atomic E-state index is 8.88. The second kappa shape index (κ2) is 34.0. The Balaban J connectivity index is -0.00000154. The van der Waals surface area contributed by atoms with Crippen LogP contribution in [0, 0.1) is 0 Å². The molecule has 0 aliphatic carbocycles. The van der Waals surface area contributed by atoms with Crippen LogP contribution >= 0.6 is 7.82 Å². The molecule has 0 fully saturated rings. The lowest BCUT2D eigenvalue weighted by molar-refractivity contribution is 0.125. The molecule has 0 amide bonds. The van der Waals surface area contributed by atoms with Gasteiger partial charge in [-0.15, -0.1) is 0 Å². The SMILES string of the molecule is CCCCCCCCCCCCCCOCCCCCCCCCCCCCC.O.O=P(O)(O)O. The highest BCUT2D eigenvalue weighted by atomic mass is 31.2. The van der Waals surface area contributed by atoms with Crippen LogP contribution in [0.25, 0.3) is 0 Å². The first-order valence-corrected chi connectivity index (χ1v) is 16.3. The van der Waals surface area contributed by atoms with Crippen molar-refractivity contribution in [1.29, 1.82) is 0 Å². The van der Waals surface area contributed by atoms with Crippen molar-refractivity contribution in [2.75, 3.05) is 13.2 Å². The van der Waals surface area contributed by atoms with Gasteiger partial charge >= 0.3 is 7.82 Å². The standard InChI is InChI=1S/C28H58O.H3O4P.H2O/c1-3-5-7-9-11-13-15-17-19-21-23-25-27-29-28-26-24-22-20-18-16-14-12-10-8-6-4-2;1-5(2,3)4;/h3-28H2,1-2H3;(H3,1,2,3,4);1H2. The molecule has 6 nitrogen and oxygen atoms in total. The highest BCUT2D eigenvalue weighted by Gasteiger charge is 2.00. The zero-order chi connectivity index (χ0) is 25.6. The second-order valence-electron chi connectivity index (χ2n) is 9.90. The van der Waals surface area contributed by atoms with E-state index >= 15 is 0 Å². The molecule has 0 spiro atoms. The van der Waals surface area contributed by atoms with Crippen molar-refractivity contribution in [3.05, 3.63) is 0 Å². The predicted octanol–water partition coefficient (Wildman–Crippen LogP) is 8.65. The van der Waals surface area contributed by atoms with E-state index < -0.39 is 7.82 Å². The van der Waals surface area contributed by atoms with Gasteiger partial charge in [0.25, 0.3) is 0 Å². The van der Waals surface area contributed by atoms with Crippen molar-refractivity contribution in [2.24, 2.45) is 0 Å². The van der Waals surface area contributed by atoms with Gasteiger partial charge in [-0.1, -0.05) is 155 Å². The molecule has 0 aromatic carbocycles. The third kappa shape index (κ3) is 51.5. The molecule has 5 N–H and O–H groups in total. The normalized spacial score (nSPS) is 11.1. The third-order valence-electron chi connectivity index (χ3n) is 6.28. The van der Waals surface area contributed by atoms with E-state index in [1.165, 1.54) is 154 Å². The highest BCUT2D eigenvalue weighted by molar-refractivity contribution is 7.45. The summed E-state index contributed by atoms with van der Waals surface area (Å²) < 4.78 is 14.7. The molecule has 0 atom stereocenters.